The van der Waals surface area contributed by atoms with Crippen LogP contribution in [0.1, 0.15) is 52.4 Å². The van der Waals surface area contributed by atoms with Crippen molar-refractivity contribution in [2.45, 2.75) is 58.4 Å². The number of amides is 2. The molecule has 5 heteroatoms. The van der Waals surface area contributed by atoms with Gasteiger partial charge in [-0.05, 0) is 43.4 Å². The maximum Gasteiger partial charge on any atom is 0.326 e. The number of hydrogen-bond acceptors (Lipinski definition) is 2. The molecule has 0 aromatic heterocycles. The third-order valence-corrected chi connectivity index (χ3v) is 5.09. The van der Waals surface area contributed by atoms with Crippen LogP contribution in [0.2, 0.25) is 0 Å². The minimum absolute atomic E-state index is 0.201. The number of carbonyl (C=O) groups excluding carboxylic acids is 1. The highest BCUT2D eigenvalue weighted by atomic mass is 16.4. The highest BCUT2D eigenvalue weighted by Gasteiger charge is 2.34. The number of piperidine rings is 1. The van der Waals surface area contributed by atoms with Gasteiger partial charge in [0.2, 0.25) is 0 Å². The standard InChI is InChI=1S/C16H28N2O3/c1-11-3-5-13(6-4-11)10-17-16(21)18-8-7-12(2)9-14(18)15(19)20/h11-14H,3-10H2,1-2H3,(H,17,21)(H,19,20). The Morgan fingerprint density at radius 1 is 1.10 bits per heavy atom. The first-order chi connectivity index (χ1) is 9.97. The first-order valence-electron chi connectivity index (χ1n) is 8.24. The van der Waals surface area contributed by atoms with Gasteiger partial charge in [0.25, 0.3) is 0 Å². The quantitative estimate of drug-likeness (QED) is 0.841. The first kappa shape index (κ1) is 16.1. The van der Waals surface area contributed by atoms with E-state index in [-0.39, 0.29) is 6.03 Å². The van der Waals surface area contributed by atoms with Gasteiger partial charge in [-0.1, -0.05) is 26.7 Å². The Labute approximate surface area is 127 Å². The molecule has 2 fully saturated rings. The summed E-state index contributed by atoms with van der Waals surface area (Å²) < 4.78 is 0. The molecule has 2 aliphatic rings. The van der Waals surface area contributed by atoms with Crippen LogP contribution < -0.4 is 5.32 Å². The second kappa shape index (κ2) is 7.14. The summed E-state index contributed by atoms with van der Waals surface area (Å²) in [4.78, 5) is 25.1. The van der Waals surface area contributed by atoms with Crippen LogP contribution in [0.5, 0.6) is 0 Å². The molecule has 5 nitrogen and oxygen atoms in total. The van der Waals surface area contributed by atoms with Crippen molar-refractivity contribution in [3.63, 3.8) is 0 Å². The number of nitrogens with one attached hydrogen (secondary N) is 1. The lowest BCUT2D eigenvalue weighted by Gasteiger charge is -2.36. The van der Waals surface area contributed by atoms with Crippen molar-refractivity contribution >= 4 is 12.0 Å². The molecule has 0 radical (unpaired) electrons. The molecule has 1 saturated carbocycles. The molecule has 2 unspecified atom stereocenters. The van der Waals surface area contributed by atoms with E-state index in [1.165, 1.54) is 30.6 Å². The zero-order valence-corrected chi connectivity index (χ0v) is 13.2. The molecular formula is C16H28N2O3. The van der Waals surface area contributed by atoms with E-state index < -0.39 is 12.0 Å². The molecule has 2 N–H and O–H groups in total. The molecule has 0 bridgehead atoms. The molecule has 2 rings (SSSR count). The third kappa shape index (κ3) is 4.35. The number of rotatable bonds is 3. The molecule has 1 heterocycles. The monoisotopic (exact) mass is 296 g/mol. The number of urea groups is 1. The molecule has 1 aliphatic carbocycles. The van der Waals surface area contributed by atoms with Crippen LogP contribution in [-0.4, -0.2) is 41.1 Å². The van der Waals surface area contributed by atoms with Crippen molar-refractivity contribution in [2.24, 2.45) is 17.8 Å². The number of aliphatic carboxylic acids is 1. The smallest absolute Gasteiger partial charge is 0.326 e. The van der Waals surface area contributed by atoms with Crippen LogP contribution in [0, 0.1) is 17.8 Å². The zero-order chi connectivity index (χ0) is 15.4. The molecule has 1 saturated heterocycles. The summed E-state index contributed by atoms with van der Waals surface area (Å²) in [6.07, 6.45) is 6.25. The van der Waals surface area contributed by atoms with Crippen molar-refractivity contribution in [2.75, 3.05) is 13.1 Å². The van der Waals surface area contributed by atoms with E-state index in [1.807, 2.05) is 6.92 Å². The average Bonchev–Trinajstić information content (AvgIpc) is 2.46. The van der Waals surface area contributed by atoms with Crippen LogP contribution in [0.3, 0.4) is 0 Å². The summed E-state index contributed by atoms with van der Waals surface area (Å²) in [5.41, 5.74) is 0. The van der Waals surface area contributed by atoms with Gasteiger partial charge in [0, 0.05) is 13.1 Å². The second-order valence-electron chi connectivity index (χ2n) is 6.99. The Hall–Kier alpha value is -1.26. The maximum atomic E-state index is 12.3. The Morgan fingerprint density at radius 2 is 1.76 bits per heavy atom. The number of likely N-dealkylation sites (tertiary alicyclic amines) is 1. The summed E-state index contributed by atoms with van der Waals surface area (Å²) in [5, 5.41) is 12.3. The minimum atomic E-state index is -0.886. The van der Waals surface area contributed by atoms with Gasteiger partial charge in [-0.3, -0.25) is 0 Å². The number of carboxylic acids is 1. The molecule has 0 aromatic carbocycles. The van der Waals surface area contributed by atoms with E-state index in [9.17, 15) is 14.7 Å². The fourth-order valence-electron chi connectivity index (χ4n) is 3.49. The Kier molecular flexibility index (Phi) is 5.48. The largest absolute Gasteiger partial charge is 0.480 e. The van der Waals surface area contributed by atoms with Crippen LogP contribution in [0.15, 0.2) is 0 Å². The van der Waals surface area contributed by atoms with E-state index >= 15 is 0 Å². The predicted octanol–water partition coefficient (Wildman–Crippen LogP) is 2.71. The highest BCUT2D eigenvalue weighted by Crippen LogP contribution is 2.28. The summed E-state index contributed by atoms with van der Waals surface area (Å²) in [5.74, 6) is 0.840. The first-order valence-corrected chi connectivity index (χ1v) is 8.24. The van der Waals surface area contributed by atoms with Gasteiger partial charge in [-0.2, -0.15) is 0 Å². The van der Waals surface area contributed by atoms with Gasteiger partial charge in [0.05, 0.1) is 0 Å². The third-order valence-electron chi connectivity index (χ3n) is 5.09. The molecule has 2 atom stereocenters. The number of hydrogen-bond donors (Lipinski definition) is 2. The number of nitrogens with zero attached hydrogens (tertiary/aromatic N) is 1. The highest BCUT2D eigenvalue weighted by molar-refractivity contribution is 5.82. The lowest BCUT2D eigenvalue weighted by Crippen LogP contribution is -2.53. The van der Waals surface area contributed by atoms with Crippen molar-refractivity contribution in [1.82, 2.24) is 10.2 Å². The van der Waals surface area contributed by atoms with Gasteiger partial charge in [0.1, 0.15) is 6.04 Å². The number of carbonyl (C=O) groups is 2. The van der Waals surface area contributed by atoms with Gasteiger partial charge < -0.3 is 15.3 Å². The summed E-state index contributed by atoms with van der Waals surface area (Å²) in [6.45, 7) is 5.56. The van der Waals surface area contributed by atoms with E-state index in [4.69, 9.17) is 0 Å². The topological polar surface area (TPSA) is 69.6 Å². The van der Waals surface area contributed by atoms with Gasteiger partial charge in [-0.15, -0.1) is 0 Å². The molecule has 1 aliphatic heterocycles. The van der Waals surface area contributed by atoms with Gasteiger partial charge in [-0.25, -0.2) is 9.59 Å². The van der Waals surface area contributed by atoms with E-state index in [0.717, 1.165) is 12.3 Å². The Balaban J connectivity index is 1.82. The molecule has 0 spiro atoms. The van der Waals surface area contributed by atoms with Crippen LogP contribution >= 0.6 is 0 Å². The Bertz CT molecular complexity index is 378. The molecular weight excluding hydrogens is 268 g/mol. The van der Waals surface area contributed by atoms with E-state index in [1.54, 1.807) is 0 Å². The summed E-state index contributed by atoms with van der Waals surface area (Å²) in [7, 11) is 0. The second-order valence-corrected chi connectivity index (χ2v) is 6.99. The SMILES string of the molecule is CC1CCC(CNC(=O)N2CCC(C)CC2C(=O)O)CC1. The van der Waals surface area contributed by atoms with Crippen molar-refractivity contribution < 1.29 is 14.7 Å². The fraction of sp³-hybridized carbons (Fsp3) is 0.875. The minimum Gasteiger partial charge on any atom is -0.480 e. The lowest BCUT2D eigenvalue weighted by molar-refractivity contribution is -0.143. The molecule has 120 valence electrons. The predicted molar refractivity (Wildman–Crippen MR) is 81.0 cm³/mol. The molecule has 21 heavy (non-hydrogen) atoms. The van der Waals surface area contributed by atoms with Gasteiger partial charge in [0.15, 0.2) is 0 Å². The van der Waals surface area contributed by atoms with Crippen LogP contribution in [0.4, 0.5) is 4.79 Å². The van der Waals surface area contributed by atoms with Crippen molar-refractivity contribution in [1.29, 1.82) is 0 Å². The van der Waals surface area contributed by atoms with Crippen LogP contribution in [-0.2, 0) is 4.79 Å². The summed E-state index contributed by atoms with van der Waals surface area (Å²) in [6, 6.07) is -0.868. The molecule has 0 aromatic rings. The van der Waals surface area contributed by atoms with E-state index in [2.05, 4.69) is 12.2 Å². The van der Waals surface area contributed by atoms with Crippen LogP contribution in [0.25, 0.3) is 0 Å². The van der Waals surface area contributed by atoms with Gasteiger partial charge >= 0.3 is 12.0 Å². The maximum absolute atomic E-state index is 12.3. The van der Waals surface area contributed by atoms with E-state index in [0.29, 0.717) is 31.3 Å². The average molecular weight is 296 g/mol. The fourth-order valence-corrected chi connectivity index (χ4v) is 3.49. The zero-order valence-electron chi connectivity index (χ0n) is 13.2. The van der Waals surface area contributed by atoms with Crippen molar-refractivity contribution in [3.05, 3.63) is 0 Å². The van der Waals surface area contributed by atoms with Crippen molar-refractivity contribution in [3.8, 4) is 0 Å². The lowest BCUT2D eigenvalue weighted by atomic mass is 9.83. The normalized spacial score (nSPS) is 33.5. The Morgan fingerprint density at radius 3 is 2.38 bits per heavy atom. The molecule has 2 amide bonds. The number of carboxylic acid groups (broad SMARTS) is 1. The summed E-state index contributed by atoms with van der Waals surface area (Å²) >= 11 is 0.